The van der Waals surface area contributed by atoms with E-state index >= 15 is 0 Å². The Morgan fingerprint density at radius 1 is 1.09 bits per heavy atom. The number of hydrogen-bond acceptors (Lipinski definition) is 4. The van der Waals surface area contributed by atoms with Gasteiger partial charge in [-0.15, -0.1) is 0 Å². The van der Waals surface area contributed by atoms with Crippen LogP contribution in [0.1, 0.15) is 10.4 Å². The quantitative estimate of drug-likeness (QED) is 0.567. The fourth-order valence-corrected chi connectivity index (χ4v) is 2.19. The number of nitro benzene ring substituents is 1. The molecule has 1 heterocycles. The third kappa shape index (κ3) is 2.93. The summed E-state index contributed by atoms with van der Waals surface area (Å²) < 4.78 is 0. The summed E-state index contributed by atoms with van der Waals surface area (Å²) in [4.78, 5) is 21.2. The van der Waals surface area contributed by atoms with Crippen molar-refractivity contribution in [1.29, 1.82) is 0 Å². The lowest BCUT2D eigenvalue weighted by Crippen LogP contribution is -1.95. The number of nitro groups is 1. The van der Waals surface area contributed by atoms with Gasteiger partial charge in [-0.2, -0.15) is 5.10 Å². The van der Waals surface area contributed by atoms with Crippen LogP contribution in [0.2, 0.25) is 0 Å². The summed E-state index contributed by atoms with van der Waals surface area (Å²) in [5.74, 6) is -1.00. The first-order valence-electron chi connectivity index (χ1n) is 6.68. The Morgan fingerprint density at radius 2 is 1.83 bits per heavy atom. The molecule has 7 heteroatoms. The van der Waals surface area contributed by atoms with Gasteiger partial charge in [0, 0.05) is 23.3 Å². The first kappa shape index (κ1) is 14.5. The van der Waals surface area contributed by atoms with Crippen LogP contribution >= 0.6 is 0 Å². The molecule has 0 amide bonds. The highest BCUT2D eigenvalue weighted by Gasteiger charge is 2.10. The number of nitrogens with one attached hydrogen (secondary N) is 1. The number of carbonyl (C=O) groups is 1. The van der Waals surface area contributed by atoms with Gasteiger partial charge in [-0.05, 0) is 30.3 Å². The number of benzene rings is 2. The molecular weight excluding hydrogens is 298 g/mol. The van der Waals surface area contributed by atoms with E-state index in [0.717, 1.165) is 5.56 Å². The second-order valence-electron chi connectivity index (χ2n) is 4.86. The summed E-state index contributed by atoms with van der Waals surface area (Å²) in [6.07, 6.45) is 0. The number of carboxylic acids is 1. The fourth-order valence-electron chi connectivity index (χ4n) is 2.19. The topological polar surface area (TPSA) is 109 Å². The Balaban J connectivity index is 1.92. The normalized spacial score (nSPS) is 10.4. The predicted molar refractivity (Wildman–Crippen MR) is 83.1 cm³/mol. The van der Waals surface area contributed by atoms with E-state index in [4.69, 9.17) is 5.11 Å². The lowest BCUT2D eigenvalue weighted by Gasteiger charge is -1.98. The monoisotopic (exact) mass is 309 g/mol. The molecule has 0 atom stereocenters. The minimum atomic E-state index is -1.00. The molecular formula is C16H11N3O4. The van der Waals surface area contributed by atoms with E-state index in [1.807, 2.05) is 0 Å². The van der Waals surface area contributed by atoms with E-state index in [0.29, 0.717) is 17.0 Å². The average molecular weight is 309 g/mol. The predicted octanol–water partition coefficient (Wildman–Crippen LogP) is 3.35. The van der Waals surface area contributed by atoms with Crippen LogP contribution < -0.4 is 0 Å². The number of rotatable bonds is 4. The summed E-state index contributed by atoms with van der Waals surface area (Å²) in [6, 6.07) is 14.3. The van der Waals surface area contributed by atoms with Gasteiger partial charge in [-0.25, -0.2) is 4.79 Å². The van der Waals surface area contributed by atoms with Gasteiger partial charge in [0.15, 0.2) is 0 Å². The molecule has 0 saturated carbocycles. The van der Waals surface area contributed by atoms with Gasteiger partial charge >= 0.3 is 5.97 Å². The molecule has 0 aliphatic rings. The molecule has 2 N–H and O–H groups in total. The SMILES string of the molecule is O=C(O)c1cccc(-c2cc(-c3ccc([N+](=O)[O-])cc3)[nH]n2)c1. The molecule has 0 bridgehead atoms. The highest BCUT2D eigenvalue weighted by Crippen LogP contribution is 2.25. The van der Waals surface area contributed by atoms with Gasteiger partial charge in [0.25, 0.3) is 5.69 Å². The number of carboxylic acid groups (broad SMARTS) is 1. The van der Waals surface area contributed by atoms with Crippen molar-refractivity contribution in [2.75, 3.05) is 0 Å². The van der Waals surface area contributed by atoms with Crippen molar-refractivity contribution >= 4 is 11.7 Å². The summed E-state index contributed by atoms with van der Waals surface area (Å²) >= 11 is 0. The lowest BCUT2D eigenvalue weighted by molar-refractivity contribution is -0.384. The van der Waals surface area contributed by atoms with Gasteiger partial charge in [0.1, 0.15) is 0 Å². The van der Waals surface area contributed by atoms with Crippen LogP contribution in [0.3, 0.4) is 0 Å². The van der Waals surface area contributed by atoms with Crippen LogP contribution in [0.15, 0.2) is 54.6 Å². The van der Waals surface area contributed by atoms with E-state index in [2.05, 4.69) is 10.2 Å². The number of aromatic carboxylic acids is 1. The number of non-ortho nitro benzene ring substituents is 1. The van der Waals surface area contributed by atoms with Gasteiger partial charge < -0.3 is 5.11 Å². The Hall–Kier alpha value is -3.48. The van der Waals surface area contributed by atoms with Crippen LogP contribution in [-0.2, 0) is 0 Å². The zero-order valence-corrected chi connectivity index (χ0v) is 11.8. The molecule has 0 unspecified atom stereocenters. The minimum absolute atomic E-state index is 0.0163. The lowest BCUT2D eigenvalue weighted by atomic mass is 10.1. The number of H-pyrrole nitrogens is 1. The van der Waals surface area contributed by atoms with Crippen LogP contribution in [0.25, 0.3) is 22.5 Å². The van der Waals surface area contributed by atoms with Crippen molar-refractivity contribution < 1.29 is 14.8 Å². The molecule has 0 aliphatic heterocycles. The van der Waals surface area contributed by atoms with Crippen molar-refractivity contribution in [3.63, 3.8) is 0 Å². The Kier molecular flexibility index (Phi) is 3.60. The van der Waals surface area contributed by atoms with Crippen molar-refractivity contribution in [3.8, 4) is 22.5 Å². The van der Waals surface area contributed by atoms with Crippen molar-refractivity contribution in [1.82, 2.24) is 10.2 Å². The second kappa shape index (κ2) is 5.72. The fraction of sp³-hybridized carbons (Fsp3) is 0. The van der Waals surface area contributed by atoms with E-state index < -0.39 is 10.9 Å². The maximum atomic E-state index is 11.0. The standard InChI is InChI=1S/C16H11N3O4/c20-16(21)12-3-1-2-11(8-12)15-9-14(17-18-15)10-4-6-13(7-5-10)19(22)23/h1-9H,(H,17,18)(H,20,21). The van der Waals surface area contributed by atoms with Crippen molar-refractivity contribution in [3.05, 3.63) is 70.3 Å². The molecule has 0 saturated heterocycles. The molecule has 1 aromatic heterocycles. The molecule has 0 radical (unpaired) electrons. The number of hydrogen-bond donors (Lipinski definition) is 2. The van der Waals surface area contributed by atoms with E-state index in [-0.39, 0.29) is 11.3 Å². The largest absolute Gasteiger partial charge is 0.478 e. The van der Waals surface area contributed by atoms with Gasteiger partial charge in [0.05, 0.1) is 21.9 Å². The molecule has 114 valence electrons. The zero-order valence-electron chi connectivity index (χ0n) is 11.8. The minimum Gasteiger partial charge on any atom is -0.478 e. The molecule has 3 rings (SSSR count). The van der Waals surface area contributed by atoms with E-state index in [9.17, 15) is 14.9 Å². The average Bonchev–Trinajstić information content (AvgIpc) is 3.05. The molecule has 2 aromatic carbocycles. The highest BCUT2D eigenvalue weighted by molar-refractivity contribution is 5.89. The van der Waals surface area contributed by atoms with Crippen LogP contribution in [-0.4, -0.2) is 26.2 Å². The summed E-state index contributed by atoms with van der Waals surface area (Å²) in [7, 11) is 0. The first-order valence-corrected chi connectivity index (χ1v) is 6.68. The zero-order chi connectivity index (χ0) is 16.4. The highest BCUT2D eigenvalue weighted by atomic mass is 16.6. The number of aromatic amines is 1. The molecule has 0 spiro atoms. The van der Waals surface area contributed by atoms with Crippen LogP contribution in [0, 0.1) is 10.1 Å². The number of nitrogens with zero attached hydrogens (tertiary/aromatic N) is 2. The second-order valence-corrected chi connectivity index (χ2v) is 4.86. The van der Waals surface area contributed by atoms with Gasteiger partial charge in [-0.3, -0.25) is 15.2 Å². The maximum absolute atomic E-state index is 11.0. The van der Waals surface area contributed by atoms with Gasteiger partial charge in [-0.1, -0.05) is 12.1 Å². The molecule has 0 fully saturated rings. The summed E-state index contributed by atoms with van der Waals surface area (Å²) in [6.45, 7) is 0. The Bertz CT molecular complexity index is 884. The number of aromatic nitrogens is 2. The molecule has 7 nitrogen and oxygen atoms in total. The van der Waals surface area contributed by atoms with E-state index in [1.54, 1.807) is 30.3 Å². The summed E-state index contributed by atoms with van der Waals surface area (Å²) in [5, 5.41) is 26.7. The Labute approximate surface area is 130 Å². The third-order valence-corrected chi connectivity index (χ3v) is 3.37. The smallest absolute Gasteiger partial charge is 0.335 e. The molecule has 3 aromatic rings. The maximum Gasteiger partial charge on any atom is 0.335 e. The van der Waals surface area contributed by atoms with Crippen LogP contribution in [0.5, 0.6) is 0 Å². The van der Waals surface area contributed by atoms with Gasteiger partial charge in [0.2, 0.25) is 0 Å². The van der Waals surface area contributed by atoms with Crippen molar-refractivity contribution in [2.45, 2.75) is 0 Å². The Morgan fingerprint density at radius 3 is 2.48 bits per heavy atom. The molecule has 23 heavy (non-hydrogen) atoms. The van der Waals surface area contributed by atoms with Crippen molar-refractivity contribution in [2.24, 2.45) is 0 Å². The molecule has 0 aliphatic carbocycles. The third-order valence-electron chi connectivity index (χ3n) is 3.37. The van der Waals surface area contributed by atoms with E-state index in [1.165, 1.54) is 24.3 Å². The first-order chi connectivity index (χ1) is 11.0. The van der Waals surface area contributed by atoms with Crippen LogP contribution in [0.4, 0.5) is 5.69 Å². The summed E-state index contributed by atoms with van der Waals surface area (Å²) in [5.41, 5.74) is 2.92.